The Balaban J connectivity index is 1.88. The zero-order chi connectivity index (χ0) is 18.0. The van der Waals surface area contributed by atoms with E-state index >= 15 is 0 Å². The number of esters is 1. The van der Waals surface area contributed by atoms with Crippen molar-refractivity contribution in [1.29, 1.82) is 0 Å². The molecular weight excluding hydrogens is 336 g/mol. The summed E-state index contributed by atoms with van der Waals surface area (Å²) in [7, 11) is 0. The molecule has 2 aromatic heterocycles. The molecule has 0 saturated carbocycles. The first-order valence-electron chi connectivity index (χ1n) is 8.18. The van der Waals surface area contributed by atoms with Gasteiger partial charge in [0.1, 0.15) is 12.2 Å². The van der Waals surface area contributed by atoms with Gasteiger partial charge in [-0.25, -0.2) is 4.79 Å². The van der Waals surface area contributed by atoms with E-state index in [4.69, 9.17) is 9.15 Å². The number of fused-ring (bicyclic) bond motifs is 1. The van der Waals surface area contributed by atoms with E-state index in [-0.39, 0.29) is 19.0 Å². The third kappa shape index (κ3) is 3.99. The van der Waals surface area contributed by atoms with Crippen LogP contribution in [0.2, 0.25) is 0 Å². The minimum Gasteiger partial charge on any atom is -0.461 e. The molecule has 3 aromatic rings. The average Bonchev–Trinajstić information content (AvgIpc) is 3.04. The topological polar surface area (TPSA) is 56.5 Å². The molecule has 0 atom stereocenters. The maximum Gasteiger partial charge on any atom is 0.336 e. The third-order valence-electron chi connectivity index (χ3n) is 4.16. The summed E-state index contributed by atoms with van der Waals surface area (Å²) in [4.78, 5) is 23.8. The van der Waals surface area contributed by atoms with Gasteiger partial charge in [-0.15, -0.1) is 0 Å². The zero-order valence-corrected chi connectivity index (χ0v) is 15.3. The minimum absolute atomic E-state index is 0.0612. The summed E-state index contributed by atoms with van der Waals surface area (Å²) in [6, 6.07) is 7.21. The smallest absolute Gasteiger partial charge is 0.336 e. The van der Waals surface area contributed by atoms with Crippen LogP contribution in [0.1, 0.15) is 42.0 Å². The van der Waals surface area contributed by atoms with Crippen LogP contribution in [0.4, 0.5) is 0 Å². The number of hydrogen-bond donors (Lipinski definition) is 0. The number of hydrogen-bond acceptors (Lipinski definition) is 5. The molecule has 3 rings (SSSR count). The highest BCUT2D eigenvalue weighted by molar-refractivity contribution is 7.07. The molecule has 0 aliphatic carbocycles. The van der Waals surface area contributed by atoms with E-state index in [0.717, 1.165) is 16.5 Å². The quantitative estimate of drug-likeness (QED) is 0.496. The van der Waals surface area contributed by atoms with Gasteiger partial charge in [-0.1, -0.05) is 13.8 Å². The number of benzene rings is 1. The van der Waals surface area contributed by atoms with Crippen molar-refractivity contribution >= 4 is 28.3 Å². The Morgan fingerprint density at radius 2 is 2.08 bits per heavy atom. The van der Waals surface area contributed by atoms with Gasteiger partial charge >= 0.3 is 11.6 Å². The Morgan fingerprint density at radius 3 is 2.76 bits per heavy atom. The van der Waals surface area contributed by atoms with Crippen LogP contribution in [-0.4, -0.2) is 5.97 Å². The lowest BCUT2D eigenvalue weighted by molar-refractivity contribution is -0.144. The predicted octanol–water partition coefficient (Wildman–Crippen LogP) is 4.57. The van der Waals surface area contributed by atoms with Gasteiger partial charge in [0.2, 0.25) is 0 Å². The molecule has 0 bridgehead atoms. The second-order valence-corrected chi connectivity index (χ2v) is 7.20. The SMILES string of the molecule is Cc1cc2oc(=O)cc(COC(=O)Cc3ccsc3)c2cc1C(C)C. The molecule has 0 amide bonds. The first-order valence-corrected chi connectivity index (χ1v) is 9.12. The van der Waals surface area contributed by atoms with Crippen molar-refractivity contribution in [3.63, 3.8) is 0 Å². The highest BCUT2D eigenvalue weighted by Gasteiger charge is 2.13. The van der Waals surface area contributed by atoms with Crippen molar-refractivity contribution in [2.75, 3.05) is 0 Å². The predicted molar refractivity (Wildman–Crippen MR) is 99.1 cm³/mol. The molecule has 4 nitrogen and oxygen atoms in total. The largest absolute Gasteiger partial charge is 0.461 e. The van der Waals surface area contributed by atoms with Crippen LogP contribution in [0.5, 0.6) is 0 Å². The molecule has 1 aromatic carbocycles. The number of aryl methyl sites for hydroxylation is 1. The Labute approximate surface area is 150 Å². The molecule has 0 unspecified atom stereocenters. The molecule has 0 fully saturated rings. The number of ether oxygens (including phenoxy) is 1. The van der Waals surface area contributed by atoms with Crippen LogP contribution in [0.25, 0.3) is 11.0 Å². The van der Waals surface area contributed by atoms with E-state index in [9.17, 15) is 9.59 Å². The summed E-state index contributed by atoms with van der Waals surface area (Å²) >= 11 is 1.54. The van der Waals surface area contributed by atoms with Gasteiger partial charge in [0, 0.05) is 17.0 Å². The normalized spacial score (nSPS) is 11.2. The lowest BCUT2D eigenvalue weighted by Crippen LogP contribution is -2.10. The highest BCUT2D eigenvalue weighted by atomic mass is 32.1. The summed E-state index contributed by atoms with van der Waals surface area (Å²) in [6.45, 7) is 6.30. The minimum atomic E-state index is -0.437. The van der Waals surface area contributed by atoms with E-state index in [0.29, 0.717) is 17.1 Å². The fraction of sp³-hybridized carbons (Fsp3) is 0.300. The van der Waals surface area contributed by atoms with Crippen molar-refractivity contribution < 1.29 is 13.9 Å². The molecule has 0 spiro atoms. The van der Waals surface area contributed by atoms with Crippen LogP contribution in [0, 0.1) is 6.92 Å². The first kappa shape index (κ1) is 17.4. The lowest BCUT2D eigenvalue weighted by Gasteiger charge is -2.13. The van der Waals surface area contributed by atoms with E-state index in [1.807, 2.05) is 35.9 Å². The molecule has 0 saturated heterocycles. The second kappa shape index (κ2) is 7.23. The monoisotopic (exact) mass is 356 g/mol. The Bertz CT molecular complexity index is 952. The van der Waals surface area contributed by atoms with E-state index in [2.05, 4.69) is 13.8 Å². The fourth-order valence-corrected chi connectivity index (χ4v) is 3.57. The standard InChI is InChI=1S/C20H20O4S/c1-12(2)16-9-17-15(8-20(22)24-18(17)6-13(16)3)10-23-19(21)7-14-4-5-25-11-14/h4-6,8-9,11-12H,7,10H2,1-3H3. The van der Waals surface area contributed by atoms with Crippen LogP contribution >= 0.6 is 11.3 Å². The molecular formula is C20H20O4S. The summed E-state index contributed by atoms with van der Waals surface area (Å²) in [5.74, 6) is 0.0429. The summed E-state index contributed by atoms with van der Waals surface area (Å²) in [5.41, 5.74) is 3.97. The van der Waals surface area contributed by atoms with E-state index < -0.39 is 5.63 Å². The molecule has 2 heterocycles. The van der Waals surface area contributed by atoms with Gasteiger partial charge < -0.3 is 9.15 Å². The molecule has 5 heteroatoms. The maximum atomic E-state index is 12.0. The van der Waals surface area contributed by atoms with Gasteiger partial charge in [-0.3, -0.25) is 4.79 Å². The fourth-order valence-electron chi connectivity index (χ4n) is 2.90. The molecule has 0 radical (unpaired) electrons. The molecule has 0 aliphatic rings. The van der Waals surface area contributed by atoms with Crippen molar-refractivity contribution in [1.82, 2.24) is 0 Å². The lowest BCUT2D eigenvalue weighted by atomic mass is 9.95. The Morgan fingerprint density at radius 1 is 1.28 bits per heavy atom. The Kier molecular flexibility index (Phi) is 5.04. The van der Waals surface area contributed by atoms with Gasteiger partial charge in [0.15, 0.2) is 0 Å². The van der Waals surface area contributed by atoms with Gasteiger partial charge in [0.05, 0.1) is 6.42 Å². The van der Waals surface area contributed by atoms with Crippen LogP contribution < -0.4 is 5.63 Å². The van der Waals surface area contributed by atoms with Crippen molar-refractivity contribution in [2.24, 2.45) is 0 Å². The van der Waals surface area contributed by atoms with Crippen molar-refractivity contribution in [3.05, 3.63) is 67.7 Å². The van der Waals surface area contributed by atoms with E-state index in [1.165, 1.54) is 11.6 Å². The van der Waals surface area contributed by atoms with Crippen LogP contribution in [0.15, 0.2) is 44.2 Å². The molecule has 0 N–H and O–H groups in total. The Hall–Kier alpha value is -2.40. The van der Waals surface area contributed by atoms with E-state index in [1.54, 1.807) is 11.3 Å². The number of rotatable bonds is 5. The van der Waals surface area contributed by atoms with Crippen molar-refractivity contribution in [2.45, 2.75) is 39.7 Å². The van der Waals surface area contributed by atoms with Crippen molar-refractivity contribution in [3.8, 4) is 0 Å². The second-order valence-electron chi connectivity index (χ2n) is 6.42. The summed E-state index contributed by atoms with van der Waals surface area (Å²) in [6.07, 6.45) is 0.235. The zero-order valence-electron chi connectivity index (χ0n) is 14.5. The van der Waals surface area contributed by atoms with Gasteiger partial charge in [-0.2, -0.15) is 11.3 Å². The van der Waals surface area contributed by atoms with Crippen LogP contribution in [0.3, 0.4) is 0 Å². The maximum absolute atomic E-state index is 12.0. The molecule has 0 aliphatic heterocycles. The number of carbonyl (C=O) groups excluding carboxylic acids is 1. The van der Waals surface area contributed by atoms with Gasteiger partial charge in [-0.05, 0) is 58.5 Å². The van der Waals surface area contributed by atoms with Crippen LogP contribution in [-0.2, 0) is 22.6 Å². The molecule has 25 heavy (non-hydrogen) atoms. The number of thiophene rings is 1. The third-order valence-corrected chi connectivity index (χ3v) is 4.89. The van der Waals surface area contributed by atoms with Gasteiger partial charge in [0.25, 0.3) is 0 Å². The average molecular weight is 356 g/mol. The number of carbonyl (C=O) groups is 1. The highest BCUT2D eigenvalue weighted by Crippen LogP contribution is 2.27. The first-order chi connectivity index (χ1) is 11.9. The molecule has 130 valence electrons. The summed E-state index contributed by atoms with van der Waals surface area (Å²) < 4.78 is 10.7. The summed E-state index contributed by atoms with van der Waals surface area (Å²) in [5, 5.41) is 4.66.